The van der Waals surface area contributed by atoms with Crippen molar-refractivity contribution in [3.8, 4) is 17.2 Å². The van der Waals surface area contributed by atoms with Crippen molar-refractivity contribution < 1.29 is 4.74 Å². The third-order valence-corrected chi connectivity index (χ3v) is 7.32. The van der Waals surface area contributed by atoms with E-state index in [1.54, 1.807) is 0 Å². The third-order valence-electron chi connectivity index (χ3n) is 7.32. The van der Waals surface area contributed by atoms with Gasteiger partial charge in [0.05, 0.1) is 11.0 Å². The Balaban J connectivity index is 1.35. The highest BCUT2D eigenvalue weighted by Crippen LogP contribution is 2.38. The minimum Gasteiger partial charge on any atom is -0.458 e. The zero-order chi connectivity index (χ0) is 23.6. The molecule has 0 amide bonds. The standard InChI is InChI=1S/C31H20BN3O/c1-3-9-21(10-4-1)35(22-11-5-2-6-12-22)23-17-18-24-29(19-23)36-28-16-8-15-27-30(28)32(24)25-13-7-14-26-31(25)34(27)20-33-26/h1-20H. The summed E-state index contributed by atoms with van der Waals surface area (Å²) >= 11 is 0. The van der Waals surface area contributed by atoms with E-state index in [4.69, 9.17) is 4.74 Å². The van der Waals surface area contributed by atoms with Crippen LogP contribution in [0.5, 0.6) is 11.5 Å². The Morgan fingerprint density at radius 2 is 1.39 bits per heavy atom. The number of aromatic nitrogens is 2. The number of benzene rings is 5. The van der Waals surface area contributed by atoms with Gasteiger partial charge in [0.25, 0.3) is 6.71 Å². The molecule has 2 aliphatic rings. The van der Waals surface area contributed by atoms with Crippen LogP contribution in [0.3, 0.4) is 0 Å². The number of hydrogen-bond acceptors (Lipinski definition) is 3. The highest BCUT2D eigenvalue weighted by Gasteiger charge is 2.39. The van der Waals surface area contributed by atoms with Crippen LogP contribution in [0.15, 0.2) is 122 Å². The zero-order valence-corrected chi connectivity index (χ0v) is 19.4. The smallest absolute Gasteiger partial charge is 0.256 e. The summed E-state index contributed by atoms with van der Waals surface area (Å²) in [6.45, 7) is 0.101. The molecular weight excluding hydrogens is 441 g/mol. The van der Waals surface area contributed by atoms with Gasteiger partial charge >= 0.3 is 0 Å². The van der Waals surface area contributed by atoms with E-state index in [1.165, 1.54) is 21.9 Å². The molecule has 0 saturated heterocycles. The van der Waals surface area contributed by atoms with Crippen LogP contribution in [0.4, 0.5) is 17.1 Å². The summed E-state index contributed by atoms with van der Waals surface area (Å²) in [6.07, 6.45) is 1.93. The van der Waals surface area contributed by atoms with Crippen molar-refractivity contribution in [1.82, 2.24) is 9.55 Å². The Morgan fingerprint density at radius 3 is 2.17 bits per heavy atom. The van der Waals surface area contributed by atoms with Gasteiger partial charge < -0.3 is 9.64 Å². The molecule has 36 heavy (non-hydrogen) atoms. The van der Waals surface area contributed by atoms with E-state index in [-0.39, 0.29) is 6.71 Å². The topological polar surface area (TPSA) is 30.3 Å². The first-order valence-electron chi connectivity index (χ1n) is 12.2. The van der Waals surface area contributed by atoms with Crippen molar-refractivity contribution in [3.63, 3.8) is 0 Å². The largest absolute Gasteiger partial charge is 0.458 e. The molecule has 3 heterocycles. The number of imidazole rings is 1. The first-order chi connectivity index (χ1) is 17.9. The number of anilines is 3. The Hall–Kier alpha value is -4.77. The van der Waals surface area contributed by atoms with Gasteiger partial charge in [-0.05, 0) is 64.9 Å². The van der Waals surface area contributed by atoms with Crippen LogP contribution in [0.1, 0.15) is 0 Å². The minimum atomic E-state index is 0.101. The van der Waals surface area contributed by atoms with Gasteiger partial charge in [0, 0.05) is 28.8 Å². The first kappa shape index (κ1) is 19.5. The second-order valence-electron chi connectivity index (χ2n) is 9.28. The molecule has 0 spiro atoms. The number of fused-ring (bicyclic) bond motifs is 4. The van der Waals surface area contributed by atoms with Crippen LogP contribution in [0.25, 0.3) is 16.7 Å². The molecule has 0 unspecified atom stereocenters. The molecule has 0 aliphatic carbocycles. The second kappa shape index (κ2) is 7.36. The fourth-order valence-electron chi connectivity index (χ4n) is 5.82. The molecule has 1 aromatic heterocycles. The predicted octanol–water partition coefficient (Wildman–Crippen LogP) is 5.43. The van der Waals surface area contributed by atoms with Crippen molar-refractivity contribution in [3.05, 3.63) is 122 Å². The van der Waals surface area contributed by atoms with Gasteiger partial charge in [-0.2, -0.15) is 0 Å². The van der Waals surface area contributed by atoms with E-state index in [9.17, 15) is 0 Å². The highest BCUT2D eigenvalue weighted by atomic mass is 16.5. The number of para-hydroxylation sites is 3. The fourth-order valence-corrected chi connectivity index (χ4v) is 5.82. The molecule has 168 valence electrons. The lowest BCUT2D eigenvalue weighted by atomic mass is 9.34. The average molecular weight is 461 g/mol. The summed E-state index contributed by atoms with van der Waals surface area (Å²) in [4.78, 5) is 6.95. The van der Waals surface area contributed by atoms with Crippen molar-refractivity contribution in [2.45, 2.75) is 0 Å². The normalized spacial score (nSPS) is 12.6. The van der Waals surface area contributed by atoms with Gasteiger partial charge in [-0.3, -0.25) is 4.57 Å². The average Bonchev–Trinajstić information content (AvgIpc) is 3.37. The molecule has 0 atom stereocenters. The monoisotopic (exact) mass is 461 g/mol. The van der Waals surface area contributed by atoms with Crippen molar-refractivity contribution in [2.24, 2.45) is 0 Å². The number of nitrogens with zero attached hydrogens (tertiary/aromatic N) is 3. The van der Waals surface area contributed by atoms with Crippen LogP contribution < -0.4 is 26.0 Å². The summed E-state index contributed by atoms with van der Waals surface area (Å²) in [5.41, 5.74) is 10.3. The maximum Gasteiger partial charge on any atom is 0.256 e. The third kappa shape index (κ3) is 2.68. The fraction of sp³-hybridized carbons (Fsp3) is 0. The van der Waals surface area contributed by atoms with E-state index >= 15 is 0 Å². The summed E-state index contributed by atoms with van der Waals surface area (Å²) in [6, 6.07) is 40.3. The number of hydrogen-bond donors (Lipinski definition) is 0. The maximum absolute atomic E-state index is 6.61. The Kier molecular flexibility index (Phi) is 4.00. The van der Waals surface area contributed by atoms with Crippen LogP contribution in [0.2, 0.25) is 0 Å². The van der Waals surface area contributed by atoms with Gasteiger partial charge in [0.1, 0.15) is 17.8 Å². The van der Waals surface area contributed by atoms with Crippen molar-refractivity contribution in [1.29, 1.82) is 0 Å². The lowest BCUT2D eigenvalue weighted by Gasteiger charge is -2.33. The molecule has 0 saturated carbocycles. The molecule has 8 rings (SSSR count). The molecule has 5 aromatic carbocycles. The van der Waals surface area contributed by atoms with E-state index in [0.29, 0.717) is 0 Å². The van der Waals surface area contributed by atoms with Gasteiger partial charge in [-0.15, -0.1) is 0 Å². The summed E-state index contributed by atoms with van der Waals surface area (Å²) < 4.78 is 8.82. The number of rotatable bonds is 3. The van der Waals surface area contributed by atoms with Crippen LogP contribution in [-0.2, 0) is 0 Å². The Bertz CT molecular complexity index is 1740. The molecule has 6 aromatic rings. The molecule has 0 bridgehead atoms. The summed E-state index contributed by atoms with van der Waals surface area (Å²) in [7, 11) is 0. The van der Waals surface area contributed by atoms with E-state index < -0.39 is 0 Å². The lowest BCUT2D eigenvalue weighted by Crippen LogP contribution is -2.58. The molecule has 2 aliphatic heterocycles. The van der Waals surface area contributed by atoms with Gasteiger partial charge in [0.2, 0.25) is 0 Å². The van der Waals surface area contributed by atoms with Crippen LogP contribution in [0, 0.1) is 0 Å². The van der Waals surface area contributed by atoms with Crippen molar-refractivity contribution in [2.75, 3.05) is 4.90 Å². The van der Waals surface area contributed by atoms with Crippen LogP contribution >= 0.6 is 0 Å². The van der Waals surface area contributed by atoms with E-state index in [2.05, 4.69) is 118 Å². The van der Waals surface area contributed by atoms with Gasteiger partial charge in [-0.1, -0.05) is 60.7 Å². The van der Waals surface area contributed by atoms with Crippen LogP contribution in [-0.4, -0.2) is 16.3 Å². The van der Waals surface area contributed by atoms with E-state index in [0.717, 1.165) is 39.8 Å². The molecule has 0 fully saturated rings. The maximum atomic E-state index is 6.61. The van der Waals surface area contributed by atoms with Gasteiger partial charge in [-0.25, -0.2) is 4.98 Å². The second-order valence-corrected chi connectivity index (χ2v) is 9.28. The zero-order valence-electron chi connectivity index (χ0n) is 19.4. The SMILES string of the molecule is c1ccc(N(c2ccccc2)c2ccc3c(c2)Oc2cccc4c2B3c2cccc3ncn-4c23)cc1. The lowest BCUT2D eigenvalue weighted by molar-refractivity contribution is 0.487. The minimum absolute atomic E-state index is 0.101. The van der Waals surface area contributed by atoms with E-state index in [1.807, 2.05) is 18.5 Å². The quantitative estimate of drug-likeness (QED) is 0.329. The summed E-state index contributed by atoms with van der Waals surface area (Å²) in [5.74, 6) is 1.80. The number of ether oxygens (including phenoxy) is 1. The Morgan fingerprint density at radius 1 is 0.639 bits per heavy atom. The molecular formula is C31H20BN3O. The predicted molar refractivity (Wildman–Crippen MR) is 147 cm³/mol. The van der Waals surface area contributed by atoms with Crippen molar-refractivity contribution >= 4 is 51.2 Å². The first-order valence-corrected chi connectivity index (χ1v) is 12.2. The van der Waals surface area contributed by atoms with Gasteiger partial charge in [0.15, 0.2) is 0 Å². The molecule has 0 N–H and O–H groups in total. The highest BCUT2D eigenvalue weighted by molar-refractivity contribution is 6.99. The summed E-state index contributed by atoms with van der Waals surface area (Å²) in [5, 5.41) is 0. The Labute approximate surface area is 209 Å². The molecule has 0 radical (unpaired) electrons. The molecule has 5 heteroatoms. The molecule has 4 nitrogen and oxygen atoms in total.